The number of aliphatic hydroxyl groups is 1. The number of aliphatic hydroxyl groups excluding tert-OH is 1. The first-order valence-corrected chi connectivity index (χ1v) is 56.0. The van der Waals surface area contributed by atoms with Crippen LogP contribution in [0.3, 0.4) is 0 Å². The molecule has 69 heteroatoms. The average Bonchev–Trinajstić information content (AvgIpc) is 1.61. The van der Waals surface area contributed by atoms with E-state index in [1.165, 1.54) is 99.1 Å². The minimum Gasteiger partial charge on any atom is -0.780 e. The SMILES string of the molecule is CC[C@H]1O[C@@H](n2cc(C)c(N)nc2=O)[C@@H](OCCOC)C1OP([O-])(=S)OC[C@H]1O[C@@H](n2cnc3c(N)ncnc32)[C@@H](OCCOC)C1OP(=O)([O-])OC[C@H]1O[C@@H](n2cc(C)c(=O)[nH]c2=O)[C@@H](OCCOC)C1OP(=O)([O-])OC[C@H]1O[C@@H](n2cc(C)c(N)nc2=O)[C@@H](OCCOC)C1OP(=O)([S-])OC[C@H]1O[C@@H](n2cc(C)c(N)nc2=O)[C@@H](OCCOC)C1OP([O-])(=S)OC[C@H]1O[C@@H](n2cc(C)c(N)nc2=O)[C@@H](OCCOC)C1O. The van der Waals surface area contributed by atoms with E-state index in [9.17, 15) is 43.7 Å². The Morgan fingerprint density at radius 3 is 1.05 bits per heavy atom. The van der Waals surface area contributed by atoms with Gasteiger partial charge in [-0.1, -0.05) is 30.5 Å². The number of anilines is 5. The Labute approximate surface area is 856 Å². The fourth-order valence-corrected chi connectivity index (χ4v) is 22.7. The van der Waals surface area contributed by atoms with Crippen LogP contribution in [0.2, 0.25) is 0 Å². The van der Waals surface area contributed by atoms with Crippen molar-refractivity contribution < 1.29 is 169 Å². The average molecular weight is 2250 g/mol. The topological polar surface area (TPSA) is 790 Å². The van der Waals surface area contributed by atoms with Crippen LogP contribution in [0, 0.1) is 34.6 Å². The highest BCUT2D eigenvalue weighted by molar-refractivity contribution is 8.32. The van der Waals surface area contributed by atoms with E-state index in [2.05, 4.69) is 39.9 Å². The van der Waals surface area contributed by atoms with Crippen LogP contribution in [-0.2, 0) is 180 Å². The van der Waals surface area contributed by atoms with Crippen LogP contribution in [0.5, 0.6) is 0 Å². The van der Waals surface area contributed by atoms with E-state index in [1.54, 1.807) is 20.8 Å². The molecule has 12 N–H and O–H groups in total. The van der Waals surface area contributed by atoms with Gasteiger partial charge in [-0.05, 0) is 41.0 Å². The van der Waals surface area contributed by atoms with E-state index < -0.39 is 263 Å². The van der Waals surface area contributed by atoms with E-state index in [0.29, 0.717) is 11.1 Å². The lowest BCUT2D eigenvalue weighted by molar-refractivity contribution is -0.241. The summed E-state index contributed by atoms with van der Waals surface area (Å²) in [7, 11) is -4.43. The molecule has 6 fully saturated rings. The summed E-state index contributed by atoms with van der Waals surface area (Å²) in [6.45, 7) is -14.8. The number of nitrogen functional groups attached to an aromatic ring is 5. The molecule has 6 aliphatic rings. The van der Waals surface area contributed by atoms with Gasteiger partial charge in [-0.3, -0.25) is 50.9 Å². The normalized spacial score (nSPS) is 29.3. The number of aromatic amines is 1. The number of phosphoric acid groups is 2. The van der Waals surface area contributed by atoms with E-state index in [4.69, 9.17) is 195 Å². The predicted octanol–water partition coefficient (Wildman–Crippen LogP) is -4.03. The number of nitrogens with one attached hydrogen (secondary N) is 1. The number of rotatable bonds is 56. The van der Waals surface area contributed by atoms with Crippen molar-refractivity contribution in [1.29, 1.82) is 0 Å². The molecule has 7 aromatic heterocycles. The van der Waals surface area contributed by atoms with Crippen molar-refractivity contribution in [1.82, 2.24) is 67.3 Å². The van der Waals surface area contributed by atoms with Crippen molar-refractivity contribution in [2.45, 2.75) is 195 Å². The minimum atomic E-state index is -6.27. The number of hydrogen-bond donors (Lipinski definition) is 7. The Balaban J connectivity index is 0.802. The van der Waals surface area contributed by atoms with Crippen molar-refractivity contribution >= 4 is 112 Å². The standard InChI is InChI=1S/C79H120N19O42P5S3/c1-13-43-51(57(120-21-15-114-8)70(130-43)94-27-39(3)63(81)89-76(94)102)138-144(111,147)128-34-47-53(59(122-23-17-116-10)74(135-47)98-37-87-49-66(84)85-36-86-67(49)98)137-141(106,107)125-32-45-52(58(121-22-16-115-9)71(132-45)97-30-42(6)68(100)92-79(97)105)136-142(108,109)126-33-46-54(60(123-24-18-117-11)72(133-46)95-28-40(4)64(82)90-77(95)103)139-145(112,148)129-35-48-55(61(124-25-19-118-12)73(134-48)96-29-41(5)65(83)91-78(96)104)140-143(110,146)127-31-44-50(99)56(119-20-14-113-7)69(131-44)93-26-38(2)62(80)88-75(93)101/h26-30,36-37,43-48,50-61,69-74,99H,13-25,31-35H2,1-12H3,(H,106,107)(H,108,109)(H,110,146)(H,111,147)(H,112,148)(H2,80,88,101)(H2,81,89,102)(H2,82,90,103)(H2,83,91,104)(H2,84,85,86)(H,92,100,105)/p-5/t43-,44-,45-,46-,47-,48-,50?,51?,52?,53?,54?,55?,56+,57+,58+,59+,60+,61+,69-,70-,71-,72-,73-,74-,143?,144?,145?/m1/s1. The van der Waals surface area contributed by atoms with Crippen molar-refractivity contribution in [3.8, 4) is 0 Å². The molecular formula is C79H115N19O42P5S3-5. The molecule has 13 heterocycles. The van der Waals surface area contributed by atoms with E-state index in [0.717, 1.165) is 35.4 Å². The monoisotopic (exact) mass is 2250 g/mol. The number of imidazole rings is 1. The smallest absolute Gasteiger partial charge is 0.351 e. The van der Waals surface area contributed by atoms with Crippen LogP contribution in [0.1, 0.15) is 78.5 Å². The largest absolute Gasteiger partial charge is 0.780 e. The maximum atomic E-state index is 15.5. The molecule has 0 aromatic carbocycles. The Kier molecular flexibility index (Phi) is 41.3. The number of ether oxygens (including phenoxy) is 18. The van der Waals surface area contributed by atoms with Crippen LogP contribution in [0.15, 0.2) is 72.4 Å². The molecule has 0 saturated carbocycles. The lowest BCUT2D eigenvalue weighted by Crippen LogP contribution is -2.42. The van der Waals surface area contributed by atoms with Gasteiger partial charge in [0.05, 0.1) is 125 Å². The summed E-state index contributed by atoms with van der Waals surface area (Å²) in [4.78, 5) is 173. The number of methoxy groups -OCH3 is 6. The van der Waals surface area contributed by atoms with Crippen LogP contribution in [0.4, 0.5) is 29.1 Å². The molecule has 0 spiro atoms. The predicted molar refractivity (Wildman–Crippen MR) is 509 cm³/mol. The Hall–Kier alpha value is -7.23. The molecule has 6 aliphatic heterocycles. The first-order chi connectivity index (χ1) is 70.3. The Bertz CT molecular complexity index is 6350. The Morgan fingerprint density at radius 1 is 0.378 bits per heavy atom. The van der Waals surface area contributed by atoms with E-state index in [1.807, 2.05) is 0 Å². The molecule has 29 atom stereocenters. The van der Waals surface area contributed by atoms with Crippen molar-refractivity contribution in [3.05, 3.63) is 134 Å². The summed E-state index contributed by atoms with van der Waals surface area (Å²) in [5.74, 6) is -0.752. The first-order valence-electron chi connectivity index (χ1n) is 45.4. The summed E-state index contributed by atoms with van der Waals surface area (Å²) in [6.07, 6.45) is -32.7. The number of phosphoric ester groups is 2. The summed E-state index contributed by atoms with van der Waals surface area (Å²) >= 11 is 16.8. The van der Waals surface area contributed by atoms with Crippen LogP contribution in [-0.4, -0.2) is 337 Å². The van der Waals surface area contributed by atoms with Crippen LogP contribution >= 0.6 is 35.9 Å². The van der Waals surface area contributed by atoms with Gasteiger partial charge in [0.25, 0.3) is 21.2 Å². The van der Waals surface area contributed by atoms with Gasteiger partial charge in [0.15, 0.2) is 55.6 Å². The van der Waals surface area contributed by atoms with Gasteiger partial charge in [-0.15, -0.1) is 0 Å². The highest BCUT2D eigenvalue weighted by Gasteiger charge is 2.57. The highest BCUT2D eigenvalue weighted by Crippen LogP contribution is 2.57. The van der Waals surface area contributed by atoms with Crippen molar-refractivity contribution in [2.24, 2.45) is 0 Å². The summed E-state index contributed by atoms with van der Waals surface area (Å²) in [5, 5.41) is 11.8. The lowest BCUT2D eigenvalue weighted by Gasteiger charge is -2.36. The molecule has 0 bridgehead atoms. The molecule has 61 nitrogen and oxygen atoms in total. The molecule has 0 amide bonds. The zero-order valence-corrected chi connectivity index (χ0v) is 88.4. The third-order valence-corrected chi connectivity index (χ3v) is 30.4. The molecule has 148 heavy (non-hydrogen) atoms. The number of nitrogens with two attached hydrogens (primary N) is 5. The number of hydrogen-bond acceptors (Lipinski definition) is 57. The molecule has 11 unspecified atom stereocenters. The van der Waals surface area contributed by atoms with Crippen LogP contribution < -0.4 is 82.2 Å². The van der Waals surface area contributed by atoms with E-state index in [-0.39, 0.29) is 129 Å². The number of H-pyrrole nitrogens is 1. The molecule has 6 saturated heterocycles. The second kappa shape index (κ2) is 51.9. The fourth-order valence-electron chi connectivity index (χ4n) is 16.5. The van der Waals surface area contributed by atoms with Crippen molar-refractivity contribution in [2.75, 3.05) is 184 Å². The van der Waals surface area contributed by atoms with Gasteiger partial charge < -0.3 is 196 Å². The maximum absolute atomic E-state index is 15.5. The molecule has 0 radical (unpaired) electrons. The van der Waals surface area contributed by atoms with Crippen LogP contribution in [0.25, 0.3) is 11.2 Å². The first kappa shape index (κ1) is 118. The number of fused-ring (bicyclic) bond motifs is 1. The highest BCUT2D eigenvalue weighted by atomic mass is 32.7. The molecule has 826 valence electrons. The van der Waals surface area contributed by atoms with Crippen molar-refractivity contribution in [3.63, 3.8) is 0 Å². The second-order valence-electron chi connectivity index (χ2n) is 33.9. The Morgan fingerprint density at radius 2 is 0.676 bits per heavy atom. The zero-order chi connectivity index (χ0) is 107. The van der Waals surface area contributed by atoms with Gasteiger partial charge in [0.2, 0.25) is 0 Å². The zero-order valence-electron chi connectivity index (χ0n) is 81.5. The summed E-state index contributed by atoms with van der Waals surface area (Å²) < 4.78 is 219. The van der Waals surface area contributed by atoms with Gasteiger partial charge in [-0.2, -0.15) is 19.9 Å². The summed E-state index contributed by atoms with van der Waals surface area (Å²) in [6, 6.07) is 0. The molecular weight excluding hydrogens is 2140 g/mol. The minimum absolute atomic E-state index is 0.00841. The van der Waals surface area contributed by atoms with Gasteiger partial charge >= 0.3 is 28.4 Å². The molecule has 13 rings (SSSR count). The second-order valence-corrected chi connectivity index (χ2v) is 44.7. The maximum Gasteiger partial charge on any atom is 0.351 e. The molecule has 7 aromatic rings. The van der Waals surface area contributed by atoms with Gasteiger partial charge in [0, 0.05) is 101 Å². The quantitative estimate of drug-likeness (QED) is 0.0108. The fraction of sp³-hybridized carbons (Fsp3) is 0.684. The summed E-state index contributed by atoms with van der Waals surface area (Å²) in [5.41, 5.74) is 25.3. The number of aryl methyl sites for hydroxylation is 5. The third kappa shape index (κ3) is 28.7. The van der Waals surface area contributed by atoms with Gasteiger partial charge in [0.1, 0.15) is 152 Å². The lowest BCUT2D eigenvalue weighted by atomic mass is 10.1. The third-order valence-electron chi connectivity index (χ3n) is 23.8. The molecule has 0 aliphatic carbocycles. The van der Waals surface area contributed by atoms with E-state index >= 15 is 23.5 Å². The number of aromatic nitrogens is 14. The van der Waals surface area contributed by atoms with Gasteiger partial charge in [-0.25, -0.2) is 38.9 Å². The number of nitrogens with zero attached hydrogens (tertiary/aromatic N) is 13.